The van der Waals surface area contributed by atoms with E-state index in [1.807, 2.05) is 12.2 Å². The van der Waals surface area contributed by atoms with Gasteiger partial charge < -0.3 is 39.9 Å². The Bertz CT molecular complexity index is 1340. The van der Waals surface area contributed by atoms with E-state index in [0.29, 0.717) is 19.4 Å². The van der Waals surface area contributed by atoms with Gasteiger partial charge in [0.25, 0.3) is 0 Å². The molecule has 1 rings (SSSR count). The summed E-state index contributed by atoms with van der Waals surface area (Å²) in [4.78, 5) is 23.2. The maximum atomic E-state index is 12.8. The third kappa shape index (κ3) is 30.6. The molecule has 0 bridgehead atoms. The van der Waals surface area contributed by atoms with Crippen molar-refractivity contribution in [3.63, 3.8) is 0 Å². The Morgan fingerprint density at radius 3 is 1.45 bits per heavy atom. The van der Waals surface area contributed by atoms with E-state index in [4.69, 9.17) is 18.5 Å². The van der Waals surface area contributed by atoms with Gasteiger partial charge in [0, 0.05) is 6.42 Å². The van der Waals surface area contributed by atoms with Gasteiger partial charge in [-0.25, -0.2) is 4.57 Å². The molecule has 6 atom stereocenters. The number of carbonyl (C=O) groups excluding carboxylic acids is 1. The highest BCUT2D eigenvalue weighted by Gasteiger charge is 2.51. The third-order valence-electron chi connectivity index (χ3n) is 10.3. The second-order valence-corrected chi connectivity index (χ2v) is 17.3. The van der Waals surface area contributed by atoms with Gasteiger partial charge in [-0.1, -0.05) is 157 Å². The van der Waals surface area contributed by atoms with Crippen LogP contribution in [0.5, 0.6) is 0 Å². The number of carbonyl (C=O) groups is 1. The van der Waals surface area contributed by atoms with Gasteiger partial charge >= 0.3 is 13.8 Å². The Morgan fingerprint density at radius 2 is 0.952 bits per heavy atom. The predicted octanol–water partition coefficient (Wildman–Crippen LogP) is 9.75. The maximum absolute atomic E-state index is 12.8. The number of phosphoric acid groups is 1. The third-order valence-corrected chi connectivity index (χ3v) is 11.3. The lowest BCUT2D eigenvalue weighted by Crippen LogP contribution is -2.64. The summed E-state index contributed by atoms with van der Waals surface area (Å²) in [5, 5.41) is 50.2. The quantitative estimate of drug-likeness (QED) is 0.0149. The highest BCUT2D eigenvalue weighted by molar-refractivity contribution is 7.47. The largest absolute Gasteiger partial charge is 0.472 e. The number of aliphatic hydroxyl groups is 5. The monoisotopic (exact) mass is 895 g/mol. The molecule has 0 aromatic carbocycles. The molecule has 0 aromatic rings. The fraction of sp³-hybridized carbons (Fsp3) is 0.694. The lowest BCUT2D eigenvalue weighted by atomic mass is 9.85. The molecule has 62 heavy (non-hydrogen) atoms. The van der Waals surface area contributed by atoms with Gasteiger partial charge in [-0.2, -0.15) is 0 Å². The van der Waals surface area contributed by atoms with E-state index in [2.05, 4.69) is 86.8 Å². The maximum Gasteiger partial charge on any atom is 0.472 e. The second-order valence-electron chi connectivity index (χ2n) is 15.9. The summed E-state index contributed by atoms with van der Waals surface area (Å²) < 4.78 is 34.1. The zero-order chi connectivity index (χ0) is 45.5. The Hall–Kier alpha value is -2.48. The van der Waals surface area contributed by atoms with Crippen molar-refractivity contribution < 1.29 is 58.3 Å². The number of ether oxygens (including phenoxy) is 2. The zero-order valence-corrected chi connectivity index (χ0v) is 38.8. The Balaban J connectivity index is 2.44. The number of phosphoric ester groups is 1. The van der Waals surface area contributed by atoms with E-state index in [1.165, 1.54) is 51.4 Å². The average molecular weight is 895 g/mol. The van der Waals surface area contributed by atoms with Crippen molar-refractivity contribution in [2.45, 2.75) is 198 Å². The highest BCUT2D eigenvalue weighted by Crippen LogP contribution is 2.47. The van der Waals surface area contributed by atoms with Crippen LogP contribution in [-0.2, 0) is 27.9 Å². The van der Waals surface area contributed by atoms with Gasteiger partial charge in [-0.3, -0.25) is 13.8 Å². The Labute approximate surface area is 373 Å². The van der Waals surface area contributed by atoms with Gasteiger partial charge in [0.2, 0.25) is 0 Å². The van der Waals surface area contributed by atoms with Crippen LogP contribution in [0.3, 0.4) is 0 Å². The lowest BCUT2D eigenvalue weighted by Gasteiger charge is -2.41. The molecule has 0 saturated heterocycles. The van der Waals surface area contributed by atoms with Crippen LogP contribution < -0.4 is 0 Å². The van der Waals surface area contributed by atoms with Crippen molar-refractivity contribution in [2.24, 2.45) is 0 Å². The average Bonchev–Trinajstić information content (AvgIpc) is 3.26. The number of rotatable bonds is 38. The summed E-state index contributed by atoms with van der Waals surface area (Å²) in [6.45, 7) is 3.89. The topological polar surface area (TPSA) is 192 Å². The van der Waals surface area contributed by atoms with E-state index in [9.17, 15) is 39.8 Å². The molecule has 0 aliphatic heterocycles. The van der Waals surface area contributed by atoms with Crippen molar-refractivity contribution >= 4 is 13.8 Å². The van der Waals surface area contributed by atoms with Gasteiger partial charge in [0.1, 0.15) is 42.7 Å². The molecular formula is C49H83O12P. The summed E-state index contributed by atoms with van der Waals surface area (Å²) in [6, 6.07) is 0. The predicted molar refractivity (Wildman–Crippen MR) is 248 cm³/mol. The van der Waals surface area contributed by atoms with Crippen molar-refractivity contribution in [2.75, 3.05) is 19.8 Å². The summed E-state index contributed by atoms with van der Waals surface area (Å²) in [6.07, 6.45) is 39.5. The second kappa shape index (κ2) is 38.9. The number of hydrogen-bond donors (Lipinski definition) is 6. The molecule has 356 valence electrons. The van der Waals surface area contributed by atoms with Crippen LogP contribution in [0.1, 0.15) is 155 Å². The molecular weight excluding hydrogens is 812 g/mol. The molecule has 0 aromatic heterocycles. The Kier molecular flexibility index (Phi) is 36.1. The lowest BCUT2D eigenvalue weighted by molar-refractivity contribution is -0.220. The summed E-state index contributed by atoms with van der Waals surface area (Å²) >= 11 is 0. The van der Waals surface area contributed by atoms with E-state index in [-0.39, 0.29) is 13.0 Å². The zero-order valence-electron chi connectivity index (χ0n) is 37.9. The number of esters is 1. The van der Waals surface area contributed by atoms with Crippen molar-refractivity contribution in [1.82, 2.24) is 0 Å². The number of aliphatic hydroxyl groups excluding tert-OH is 5. The molecule has 1 fully saturated rings. The fourth-order valence-corrected chi connectivity index (χ4v) is 7.54. The number of allylic oxidation sites excluding steroid dienone is 13. The highest BCUT2D eigenvalue weighted by atomic mass is 31.2. The molecule has 1 aliphatic carbocycles. The van der Waals surface area contributed by atoms with Crippen molar-refractivity contribution in [3.8, 4) is 0 Å². The van der Waals surface area contributed by atoms with Gasteiger partial charge in [-0.05, 0) is 77.0 Å². The van der Waals surface area contributed by atoms with Crippen LogP contribution in [0.4, 0.5) is 0 Å². The first-order chi connectivity index (χ1) is 30.0. The van der Waals surface area contributed by atoms with E-state index < -0.39 is 63.1 Å². The van der Waals surface area contributed by atoms with Crippen molar-refractivity contribution in [1.29, 1.82) is 0 Å². The van der Waals surface area contributed by atoms with E-state index >= 15 is 0 Å². The van der Waals surface area contributed by atoms with Crippen LogP contribution in [-0.4, -0.2) is 98.9 Å². The molecule has 6 unspecified atom stereocenters. The minimum Gasteiger partial charge on any atom is -0.457 e. The smallest absolute Gasteiger partial charge is 0.457 e. The molecule has 6 N–H and O–H groups in total. The van der Waals surface area contributed by atoms with E-state index in [0.717, 1.165) is 70.6 Å². The van der Waals surface area contributed by atoms with Crippen LogP contribution in [0, 0.1) is 0 Å². The van der Waals surface area contributed by atoms with Crippen molar-refractivity contribution in [3.05, 3.63) is 85.1 Å². The first kappa shape index (κ1) is 57.5. The van der Waals surface area contributed by atoms with E-state index in [1.54, 1.807) is 0 Å². The molecule has 0 spiro atoms. The minimum atomic E-state index is -5.04. The minimum absolute atomic E-state index is 0.137. The summed E-state index contributed by atoms with van der Waals surface area (Å²) in [5.74, 6) is -0.510. The van der Waals surface area contributed by atoms with Gasteiger partial charge in [-0.15, -0.1) is 0 Å². The molecule has 1 aliphatic rings. The first-order valence-electron chi connectivity index (χ1n) is 23.4. The molecule has 12 nitrogen and oxygen atoms in total. The number of unbranched alkanes of at least 4 members (excludes halogenated alkanes) is 12. The van der Waals surface area contributed by atoms with Gasteiger partial charge in [0.05, 0.1) is 19.8 Å². The molecule has 0 amide bonds. The molecule has 13 heteroatoms. The SMILES string of the molecule is CC/C=C\C/C=C\C/C=C\C/C=C\C/C=C\CCOCC(COP(=O)(O)OC1C(O)C(O)C(O)C(O)C1O)OC(=O)CCCCCCCCCCC/C=C\C/C=C\CCCCC. The Morgan fingerprint density at radius 1 is 0.532 bits per heavy atom. The molecule has 0 radical (unpaired) electrons. The summed E-state index contributed by atoms with van der Waals surface area (Å²) in [7, 11) is -5.04. The van der Waals surface area contributed by atoms with Crippen LogP contribution in [0.15, 0.2) is 85.1 Å². The standard InChI is InChI=1S/C49H83O12P/c1-3-5-7-9-11-13-15-17-19-21-22-23-24-26-28-30-32-34-36-38-43(50)60-42(41-59-62(56,57)61-49-47(54)45(52)44(51)46(53)48(49)55)40-58-39-37-35-33-31-29-27-25-20-18-16-14-12-10-8-6-4-2/h6,8,11-14,17-20,27,29,33,35,42,44-49,51-55H,3-5,7,9-10,15-16,21-26,28,30-32,34,36-41H2,1-2H3,(H,56,57)/b8-6-,13-11-,14-12-,19-17-,20-18-,29-27-,35-33-. The fourth-order valence-electron chi connectivity index (χ4n) is 6.57. The van der Waals surface area contributed by atoms with Crippen LogP contribution in [0.25, 0.3) is 0 Å². The molecule has 1 saturated carbocycles. The molecule has 0 heterocycles. The van der Waals surface area contributed by atoms with Gasteiger partial charge in [0.15, 0.2) is 0 Å². The first-order valence-corrected chi connectivity index (χ1v) is 24.9. The number of hydrogen-bond acceptors (Lipinski definition) is 11. The normalized spacial score (nSPS) is 22.8. The summed E-state index contributed by atoms with van der Waals surface area (Å²) in [5.41, 5.74) is 0. The van der Waals surface area contributed by atoms with Crippen LogP contribution in [0.2, 0.25) is 0 Å². The van der Waals surface area contributed by atoms with Crippen LogP contribution >= 0.6 is 7.82 Å².